The molecule has 0 heterocycles. The Morgan fingerprint density at radius 2 is 2.10 bits per heavy atom. The van der Waals surface area contributed by atoms with Gasteiger partial charge in [-0.05, 0) is 0 Å². The first kappa shape index (κ1) is 7.82. The molecule has 1 heteroatoms. The normalized spacial score (nSPS) is 18.1. The maximum atomic E-state index is 2.24. The standard InChI is InChI=1S/C8H9.CH3.Ni/c1-2-5-8-6-3-4-7-8;;/h2-8H,1H2;1H3;. The van der Waals surface area contributed by atoms with E-state index in [1.807, 2.05) is 0 Å². The summed E-state index contributed by atoms with van der Waals surface area (Å²) < 4.78 is 0. The van der Waals surface area contributed by atoms with Crippen molar-refractivity contribution in [3.63, 3.8) is 0 Å². The molecule has 0 unspecified atom stereocenters. The van der Waals surface area contributed by atoms with Crippen LogP contribution in [0.15, 0.2) is 36.5 Å². The van der Waals surface area contributed by atoms with Crippen LogP contribution < -0.4 is 0 Å². The molecule has 1 aliphatic carbocycles. The zero-order valence-electron chi connectivity index (χ0n) is 6.06. The number of allylic oxidation sites excluding steroid dienone is 6. The van der Waals surface area contributed by atoms with Crippen LogP contribution in [0, 0.1) is 5.92 Å². The van der Waals surface area contributed by atoms with Crippen molar-refractivity contribution in [2.24, 2.45) is 5.92 Å². The van der Waals surface area contributed by atoms with Gasteiger partial charge in [0.05, 0.1) is 0 Å². The number of hydrogen-bond acceptors (Lipinski definition) is 0. The van der Waals surface area contributed by atoms with Crippen LogP contribution in [0.1, 0.15) is 0 Å². The summed E-state index contributed by atoms with van der Waals surface area (Å²) in [5, 5.41) is 1.14. The molecule has 0 saturated carbocycles. The minimum absolute atomic E-state index is 0.566. The Hall–Kier alpha value is -0.286. The van der Waals surface area contributed by atoms with Gasteiger partial charge in [-0.3, -0.25) is 0 Å². The van der Waals surface area contributed by atoms with Gasteiger partial charge >= 0.3 is 68.1 Å². The molecule has 0 N–H and O–H groups in total. The molecule has 1 rings (SSSR count). The summed E-state index contributed by atoms with van der Waals surface area (Å²) in [4.78, 5) is 0. The van der Waals surface area contributed by atoms with E-state index in [4.69, 9.17) is 0 Å². The molecule has 0 fully saturated rings. The van der Waals surface area contributed by atoms with Gasteiger partial charge in [0.15, 0.2) is 0 Å². The van der Waals surface area contributed by atoms with E-state index < -0.39 is 0 Å². The molecule has 0 nitrogen and oxygen atoms in total. The summed E-state index contributed by atoms with van der Waals surface area (Å²) in [6.45, 7) is 0. The molecule has 10 heavy (non-hydrogen) atoms. The first-order valence-corrected chi connectivity index (χ1v) is 4.97. The monoisotopic (exact) mass is 178 g/mol. The third-order valence-corrected chi connectivity index (χ3v) is 1.98. The fourth-order valence-corrected chi connectivity index (χ4v) is 1.22. The van der Waals surface area contributed by atoms with Gasteiger partial charge in [0.25, 0.3) is 0 Å². The minimum atomic E-state index is 0.566. The summed E-state index contributed by atoms with van der Waals surface area (Å²) >= 11 is 1.70. The van der Waals surface area contributed by atoms with Crippen LogP contribution in [0.2, 0.25) is 11.3 Å². The Morgan fingerprint density at radius 3 is 2.70 bits per heavy atom. The van der Waals surface area contributed by atoms with Gasteiger partial charge in [0, 0.05) is 0 Å². The quantitative estimate of drug-likeness (QED) is 0.461. The fraction of sp³-hybridized carbons (Fsp3) is 0.333. The molecule has 1 aliphatic rings. The zero-order valence-corrected chi connectivity index (χ0v) is 7.05. The van der Waals surface area contributed by atoms with Gasteiger partial charge in [0.2, 0.25) is 0 Å². The SMILES string of the molecule is [CH3][Ni][CH2]C=CC1C=CC=C1. The molecule has 0 aliphatic heterocycles. The average molecular weight is 179 g/mol. The van der Waals surface area contributed by atoms with Crippen LogP contribution in [0.3, 0.4) is 0 Å². The van der Waals surface area contributed by atoms with E-state index in [0.29, 0.717) is 5.92 Å². The summed E-state index contributed by atoms with van der Waals surface area (Å²) in [7, 11) is 0. The van der Waals surface area contributed by atoms with Crippen molar-refractivity contribution in [3.8, 4) is 0 Å². The van der Waals surface area contributed by atoms with Crippen LogP contribution in [-0.2, 0) is 14.4 Å². The Balaban J connectivity index is 2.24. The molecule has 0 aromatic heterocycles. The van der Waals surface area contributed by atoms with Gasteiger partial charge in [-0.25, -0.2) is 0 Å². The maximum absolute atomic E-state index is 2.24. The molecule has 0 aromatic rings. The second-order valence-corrected chi connectivity index (χ2v) is 3.23. The first-order chi connectivity index (χ1) is 4.93. The predicted octanol–water partition coefficient (Wildman–Crippen LogP) is 2.83. The third kappa shape index (κ3) is 2.53. The topological polar surface area (TPSA) is 0 Å². The van der Waals surface area contributed by atoms with E-state index in [0.717, 1.165) is 5.39 Å². The summed E-state index contributed by atoms with van der Waals surface area (Å²) in [5.41, 5.74) is 0. The predicted molar refractivity (Wildman–Crippen MR) is 41.6 cm³/mol. The Morgan fingerprint density at radius 1 is 1.40 bits per heavy atom. The van der Waals surface area contributed by atoms with Crippen LogP contribution in [0.4, 0.5) is 0 Å². The summed E-state index contributed by atoms with van der Waals surface area (Å²) in [5.74, 6) is 2.70. The molecular formula is C9H12Ni. The van der Waals surface area contributed by atoms with Crippen molar-refractivity contribution in [3.05, 3.63) is 36.5 Å². The second-order valence-electron chi connectivity index (χ2n) is 2.13. The van der Waals surface area contributed by atoms with Crippen molar-refractivity contribution in [1.82, 2.24) is 0 Å². The van der Waals surface area contributed by atoms with Gasteiger partial charge in [-0.15, -0.1) is 0 Å². The third-order valence-electron chi connectivity index (χ3n) is 1.34. The Labute approximate surface area is 68.5 Å². The molecule has 0 amide bonds. The van der Waals surface area contributed by atoms with E-state index in [1.165, 1.54) is 0 Å². The summed E-state index contributed by atoms with van der Waals surface area (Å²) in [6, 6.07) is 0. The van der Waals surface area contributed by atoms with Crippen molar-refractivity contribution >= 4 is 0 Å². The zero-order chi connectivity index (χ0) is 7.23. The van der Waals surface area contributed by atoms with Crippen molar-refractivity contribution in [2.45, 2.75) is 11.3 Å². The van der Waals surface area contributed by atoms with Gasteiger partial charge in [-0.1, -0.05) is 0 Å². The molecule has 0 atom stereocenters. The molecule has 0 radical (unpaired) electrons. The van der Waals surface area contributed by atoms with Crippen molar-refractivity contribution in [1.29, 1.82) is 0 Å². The van der Waals surface area contributed by atoms with E-state index >= 15 is 0 Å². The molecule has 0 saturated heterocycles. The van der Waals surface area contributed by atoms with E-state index in [-0.39, 0.29) is 0 Å². The van der Waals surface area contributed by atoms with E-state index in [9.17, 15) is 0 Å². The van der Waals surface area contributed by atoms with E-state index in [1.54, 1.807) is 14.4 Å². The van der Waals surface area contributed by atoms with E-state index in [2.05, 4.69) is 42.3 Å². The average Bonchev–Trinajstić information content (AvgIpc) is 2.41. The van der Waals surface area contributed by atoms with Crippen molar-refractivity contribution < 1.29 is 14.4 Å². The van der Waals surface area contributed by atoms with Crippen molar-refractivity contribution in [2.75, 3.05) is 0 Å². The Kier molecular flexibility index (Phi) is 3.53. The van der Waals surface area contributed by atoms with Gasteiger partial charge in [0.1, 0.15) is 0 Å². The second kappa shape index (κ2) is 4.52. The molecule has 0 aromatic carbocycles. The van der Waals surface area contributed by atoms with Crippen LogP contribution in [0.5, 0.6) is 0 Å². The Bertz CT molecular complexity index is 154. The van der Waals surface area contributed by atoms with Gasteiger partial charge < -0.3 is 0 Å². The molecular weight excluding hydrogens is 167 g/mol. The molecule has 0 bridgehead atoms. The van der Waals surface area contributed by atoms with Gasteiger partial charge in [-0.2, -0.15) is 0 Å². The number of rotatable bonds is 3. The number of hydrogen-bond donors (Lipinski definition) is 0. The molecule has 0 spiro atoms. The summed E-state index contributed by atoms with van der Waals surface area (Å²) in [6.07, 6.45) is 13.0. The van der Waals surface area contributed by atoms with Crippen LogP contribution >= 0.6 is 0 Å². The molecule has 58 valence electrons. The first-order valence-electron chi connectivity index (χ1n) is 3.28. The van der Waals surface area contributed by atoms with Crippen LogP contribution in [-0.4, -0.2) is 0 Å². The van der Waals surface area contributed by atoms with Crippen LogP contribution in [0.25, 0.3) is 0 Å². The fourth-order valence-electron chi connectivity index (χ4n) is 0.852.